The third-order valence-corrected chi connectivity index (χ3v) is 2.51. The monoisotopic (exact) mass is 206 g/mol. The van der Waals surface area contributed by atoms with E-state index in [1.165, 1.54) is 5.56 Å². The molecule has 2 N–H and O–H groups in total. The number of aliphatic hydroxyl groups is 2. The molecule has 0 aliphatic carbocycles. The van der Waals surface area contributed by atoms with Gasteiger partial charge in [-0.25, -0.2) is 0 Å². The van der Waals surface area contributed by atoms with Crippen LogP contribution in [-0.2, 0) is 0 Å². The summed E-state index contributed by atoms with van der Waals surface area (Å²) >= 11 is 0. The van der Waals surface area contributed by atoms with Gasteiger partial charge in [0.05, 0.1) is 0 Å². The van der Waals surface area contributed by atoms with Crippen molar-refractivity contribution in [3.63, 3.8) is 0 Å². The third-order valence-electron chi connectivity index (χ3n) is 2.51. The Labute approximate surface area is 90.9 Å². The van der Waals surface area contributed by atoms with Crippen molar-refractivity contribution < 1.29 is 10.2 Å². The molecule has 0 saturated carbocycles. The highest BCUT2D eigenvalue weighted by Crippen LogP contribution is 2.20. The molecule has 0 amide bonds. The summed E-state index contributed by atoms with van der Waals surface area (Å²) in [6.07, 6.45) is 0.635. The number of rotatable bonds is 5. The number of allylic oxidation sites excluding steroid dienone is 1. The molecule has 0 unspecified atom stereocenters. The van der Waals surface area contributed by atoms with Crippen LogP contribution in [-0.4, -0.2) is 23.4 Å². The zero-order valence-corrected chi connectivity index (χ0v) is 9.11. The van der Waals surface area contributed by atoms with Gasteiger partial charge in [0.2, 0.25) is 0 Å². The van der Waals surface area contributed by atoms with Gasteiger partial charge < -0.3 is 10.2 Å². The van der Waals surface area contributed by atoms with E-state index in [9.17, 15) is 0 Å². The molecule has 15 heavy (non-hydrogen) atoms. The van der Waals surface area contributed by atoms with Gasteiger partial charge in [-0.3, -0.25) is 0 Å². The van der Waals surface area contributed by atoms with E-state index in [-0.39, 0.29) is 19.1 Å². The van der Waals surface area contributed by atoms with Gasteiger partial charge in [0.1, 0.15) is 0 Å². The van der Waals surface area contributed by atoms with Crippen LogP contribution >= 0.6 is 0 Å². The molecule has 0 spiro atoms. The van der Waals surface area contributed by atoms with Gasteiger partial charge in [-0.1, -0.05) is 36.4 Å². The average molecular weight is 206 g/mol. The summed E-state index contributed by atoms with van der Waals surface area (Å²) in [7, 11) is 0. The van der Waals surface area contributed by atoms with Crippen molar-refractivity contribution in [1.29, 1.82) is 0 Å². The van der Waals surface area contributed by atoms with Gasteiger partial charge >= 0.3 is 0 Å². The zero-order chi connectivity index (χ0) is 11.3. The maximum atomic E-state index is 8.96. The summed E-state index contributed by atoms with van der Waals surface area (Å²) in [5, 5.41) is 17.9. The van der Waals surface area contributed by atoms with Crippen molar-refractivity contribution in [1.82, 2.24) is 0 Å². The molecule has 1 aromatic carbocycles. The Kier molecular flexibility index (Phi) is 4.53. The molecule has 1 rings (SSSR count). The molecule has 82 valence electrons. The largest absolute Gasteiger partial charge is 0.396 e. The van der Waals surface area contributed by atoms with Crippen LogP contribution in [0.1, 0.15) is 17.5 Å². The standard InChI is InChI=1S/C13H18O2/c1-10-3-5-13(6-4-10)11(2)7-12(8-14)9-15/h3-6,12,14-15H,2,7-9H2,1H3. The van der Waals surface area contributed by atoms with Crippen LogP contribution in [0.25, 0.3) is 5.57 Å². The normalized spacial score (nSPS) is 10.7. The van der Waals surface area contributed by atoms with Crippen LogP contribution in [0.15, 0.2) is 30.8 Å². The van der Waals surface area contributed by atoms with Gasteiger partial charge in [-0.05, 0) is 24.5 Å². The predicted octanol–water partition coefficient (Wildman–Crippen LogP) is 2.00. The number of hydrogen-bond donors (Lipinski definition) is 2. The number of hydrogen-bond acceptors (Lipinski definition) is 2. The molecule has 0 aromatic heterocycles. The number of aryl methyl sites for hydroxylation is 1. The minimum absolute atomic E-state index is 0.00137. The maximum absolute atomic E-state index is 8.96. The SMILES string of the molecule is C=C(CC(CO)CO)c1ccc(C)cc1. The second-order valence-electron chi connectivity index (χ2n) is 3.90. The van der Waals surface area contributed by atoms with Crippen LogP contribution in [0.4, 0.5) is 0 Å². The van der Waals surface area contributed by atoms with E-state index >= 15 is 0 Å². The summed E-state index contributed by atoms with van der Waals surface area (Å²) in [6.45, 7) is 6.01. The Morgan fingerprint density at radius 3 is 2.20 bits per heavy atom. The lowest BCUT2D eigenvalue weighted by Crippen LogP contribution is -2.11. The predicted molar refractivity (Wildman–Crippen MR) is 62.5 cm³/mol. The van der Waals surface area contributed by atoms with E-state index in [4.69, 9.17) is 10.2 Å². The summed E-state index contributed by atoms with van der Waals surface area (Å²) in [6, 6.07) is 8.10. The van der Waals surface area contributed by atoms with Crippen LogP contribution < -0.4 is 0 Å². The van der Waals surface area contributed by atoms with Crippen LogP contribution in [0.3, 0.4) is 0 Å². The topological polar surface area (TPSA) is 40.5 Å². The quantitative estimate of drug-likeness (QED) is 0.773. The highest BCUT2D eigenvalue weighted by molar-refractivity contribution is 5.63. The molecule has 2 nitrogen and oxygen atoms in total. The smallest absolute Gasteiger partial charge is 0.0484 e. The van der Waals surface area contributed by atoms with Crippen LogP contribution in [0, 0.1) is 12.8 Å². The van der Waals surface area contributed by atoms with E-state index in [0.29, 0.717) is 6.42 Å². The molecule has 0 heterocycles. The highest BCUT2D eigenvalue weighted by atomic mass is 16.3. The van der Waals surface area contributed by atoms with Gasteiger partial charge in [-0.2, -0.15) is 0 Å². The first kappa shape index (κ1) is 12.0. The Morgan fingerprint density at radius 1 is 1.20 bits per heavy atom. The lowest BCUT2D eigenvalue weighted by atomic mass is 9.96. The Morgan fingerprint density at radius 2 is 1.73 bits per heavy atom. The van der Waals surface area contributed by atoms with Gasteiger partial charge in [0.15, 0.2) is 0 Å². The molecule has 0 radical (unpaired) electrons. The van der Waals surface area contributed by atoms with E-state index in [0.717, 1.165) is 11.1 Å². The molecular formula is C13H18O2. The number of benzene rings is 1. The fraction of sp³-hybridized carbons (Fsp3) is 0.385. The second kappa shape index (κ2) is 5.69. The fourth-order valence-corrected chi connectivity index (χ4v) is 1.44. The molecule has 0 bridgehead atoms. The van der Waals surface area contributed by atoms with Gasteiger partial charge in [0.25, 0.3) is 0 Å². The summed E-state index contributed by atoms with van der Waals surface area (Å²) in [5.74, 6) is -0.0983. The first-order chi connectivity index (χ1) is 7.17. The van der Waals surface area contributed by atoms with Crippen LogP contribution in [0.2, 0.25) is 0 Å². The second-order valence-corrected chi connectivity index (χ2v) is 3.90. The van der Waals surface area contributed by atoms with Crippen LogP contribution in [0.5, 0.6) is 0 Å². The van der Waals surface area contributed by atoms with E-state index in [1.54, 1.807) is 0 Å². The third kappa shape index (κ3) is 3.50. The molecule has 0 saturated heterocycles. The average Bonchev–Trinajstić information content (AvgIpc) is 2.26. The van der Waals surface area contributed by atoms with Crippen molar-refractivity contribution in [3.05, 3.63) is 42.0 Å². The Hall–Kier alpha value is -1.12. The van der Waals surface area contributed by atoms with Crippen molar-refractivity contribution in [2.45, 2.75) is 13.3 Å². The Balaban J connectivity index is 2.64. The molecule has 0 fully saturated rings. The first-order valence-corrected chi connectivity index (χ1v) is 5.14. The maximum Gasteiger partial charge on any atom is 0.0484 e. The first-order valence-electron chi connectivity index (χ1n) is 5.14. The highest BCUT2D eigenvalue weighted by Gasteiger charge is 2.08. The van der Waals surface area contributed by atoms with E-state index in [1.807, 2.05) is 31.2 Å². The molecule has 1 aromatic rings. The van der Waals surface area contributed by atoms with E-state index in [2.05, 4.69) is 6.58 Å². The number of aliphatic hydroxyl groups excluding tert-OH is 2. The summed E-state index contributed by atoms with van der Waals surface area (Å²) in [5.41, 5.74) is 3.25. The molecule has 2 heteroatoms. The fourth-order valence-electron chi connectivity index (χ4n) is 1.44. The van der Waals surface area contributed by atoms with Gasteiger partial charge in [-0.15, -0.1) is 0 Å². The van der Waals surface area contributed by atoms with Crippen molar-refractivity contribution in [3.8, 4) is 0 Å². The van der Waals surface area contributed by atoms with Crippen molar-refractivity contribution in [2.24, 2.45) is 5.92 Å². The zero-order valence-electron chi connectivity index (χ0n) is 9.11. The van der Waals surface area contributed by atoms with Crippen molar-refractivity contribution in [2.75, 3.05) is 13.2 Å². The summed E-state index contributed by atoms with van der Waals surface area (Å²) < 4.78 is 0. The van der Waals surface area contributed by atoms with Gasteiger partial charge in [0, 0.05) is 19.1 Å². The molecule has 0 aliphatic heterocycles. The Bertz CT molecular complexity index is 310. The minimum atomic E-state index is -0.0983. The molecule has 0 atom stereocenters. The summed E-state index contributed by atoms with van der Waals surface area (Å²) in [4.78, 5) is 0. The molecule has 0 aliphatic rings. The van der Waals surface area contributed by atoms with E-state index < -0.39 is 0 Å². The minimum Gasteiger partial charge on any atom is -0.396 e. The lowest BCUT2D eigenvalue weighted by Gasteiger charge is -2.13. The van der Waals surface area contributed by atoms with Crippen molar-refractivity contribution >= 4 is 5.57 Å². The molecular weight excluding hydrogens is 188 g/mol. The lowest BCUT2D eigenvalue weighted by molar-refractivity contribution is 0.153.